The van der Waals surface area contributed by atoms with E-state index in [0.717, 1.165) is 6.08 Å². The number of hydrogen-bond donors (Lipinski definition) is 1. The highest BCUT2D eigenvalue weighted by molar-refractivity contribution is 7.81. The maximum absolute atomic E-state index is 13.4. The number of rotatable bonds is 12. The molecule has 0 bridgehead atoms. The van der Waals surface area contributed by atoms with E-state index in [1.807, 2.05) is 0 Å². The molecule has 0 heterocycles. The van der Waals surface area contributed by atoms with Crippen LogP contribution in [0.2, 0.25) is 0 Å². The van der Waals surface area contributed by atoms with E-state index in [2.05, 4.69) is 40.0 Å². The van der Waals surface area contributed by atoms with Gasteiger partial charge in [0.25, 0.3) is 0 Å². The van der Waals surface area contributed by atoms with Crippen molar-refractivity contribution in [3.05, 3.63) is 25.3 Å². The van der Waals surface area contributed by atoms with E-state index in [4.69, 9.17) is 0 Å². The summed E-state index contributed by atoms with van der Waals surface area (Å²) in [5.41, 5.74) is 0. The molecule has 0 N–H and O–H groups in total. The van der Waals surface area contributed by atoms with Gasteiger partial charge in [-0.25, -0.2) is 9.59 Å². The van der Waals surface area contributed by atoms with Crippen molar-refractivity contribution in [3.8, 4) is 0 Å². The van der Waals surface area contributed by atoms with Crippen molar-refractivity contribution in [2.45, 2.75) is 42.4 Å². The molecular formula is C15H17F7O5S. The van der Waals surface area contributed by atoms with Gasteiger partial charge in [-0.2, -0.15) is 30.7 Å². The van der Waals surface area contributed by atoms with Gasteiger partial charge in [-0.15, -0.1) is 0 Å². The highest BCUT2D eigenvalue weighted by Crippen LogP contribution is 2.41. The average Bonchev–Trinajstić information content (AvgIpc) is 2.55. The van der Waals surface area contributed by atoms with Crippen LogP contribution in [0.4, 0.5) is 30.7 Å². The fraction of sp³-hybridized carbons (Fsp3) is 0.600. The predicted molar refractivity (Wildman–Crippen MR) is 84.9 cm³/mol. The molecular weight excluding hydrogens is 425 g/mol. The van der Waals surface area contributed by atoms with Crippen LogP contribution >= 0.6 is 12.6 Å². The zero-order chi connectivity index (χ0) is 22.2. The number of alkyl halides is 7. The molecule has 1 atom stereocenters. The summed E-state index contributed by atoms with van der Waals surface area (Å²) in [6, 6.07) is 0. The summed E-state index contributed by atoms with van der Waals surface area (Å²) in [7, 11) is 0. The Hall–Kier alpha value is -1.76. The minimum absolute atomic E-state index is 0.319. The van der Waals surface area contributed by atoms with E-state index in [0.29, 0.717) is 6.08 Å². The smallest absolute Gasteiger partial charge is 0.456 e. The molecule has 0 saturated carbocycles. The Kier molecular flexibility index (Phi) is 9.50. The Morgan fingerprint density at radius 1 is 1.00 bits per heavy atom. The van der Waals surface area contributed by atoms with Gasteiger partial charge in [-0.05, 0) is 12.8 Å². The first-order chi connectivity index (χ1) is 12.6. The first-order valence-electron chi connectivity index (χ1n) is 7.47. The minimum atomic E-state index is -5.62. The van der Waals surface area contributed by atoms with Gasteiger partial charge >= 0.3 is 35.1 Å². The van der Waals surface area contributed by atoms with E-state index in [-0.39, 0.29) is 0 Å². The van der Waals surface area contributed by atoms with Gasteiger partial charge in [-0.1, -0.05) is 31.9 Å². The lowest BCUT2D eigenvalue weighted by Gasteiger charge is -2.31. The van der Waals surface area contributed by atoms with Crippen LogP contribution in [0.5, 0.6) is 0 Å². The summed E-state index contributed by atoms with van der Waals surface area (Å²) in [6.07, 6.45) is -7.12. The maximum atomic E-state index is 13.4. The van der Waals surface area contributed by atoms with Crippen LogP contribution in [0.15, 0.2) is 25.3 Å². The van der Waals surface area contributed by atoms with Crippen LogP contribution in [0, 0.1) is 0 Å². The second kappa shape index (κ2) is 10.1. The van der Waals surface area contributed by atoms with E-state index in [1.165, 1.54) is 0 Å². The number of thiol groups is 1. The summed E-state index contributed by atoms with van der Waals surface area (Å²) in [4.78, 5) is 23.1. The molecule has 0 aromatic heterocycles. The molecule has 0 aliphatic heterocycles. The van der Waals surface area contributed by atoms with Crippen LogP contribution in [0.1, 0.15) is 19.3 Å². The summed E-state index contributed by atoms with van der Waals surface area (Å²) >= 11 is 2.45. The van der Waals surface area contributed by atoms with Crippen molar-refractivity contribution >= 4 is 24.6 Å². The molecule has 0 spiro atoms. The summed E-state index contributed by atoms with van der Waals surface area (Å²) in [6.45, 7) is 4.26. The molecule has 0 amide bonds. The lowest BCUT2D eigenvalue weighted by Crippen LogP contribution is -2.58. The Bertz CT molecular complexity index is 574. The summed E-state index contributed by atoms with van der Waals surface area (Å²) in [5.74, 6) is -12.6. The van der Waals surface area contributed by atoms with E-state index in [9.17, 15) is 40.3 Å². The van der Waals surface area contributed by atoms with Crippen LogP contribution < -0.4 is 0 Å². The fourth-order valence-corrected chi connectivity index (χ4v) is 1.73. The molecule has 0 rings (SSSR count). The number of halogens is 7. The second-order valence-corrected chi connectivity index (χ2v) is 5.74. The molecule has 13 heteroatoms. The maximum Gasteiger partial charge on any atom is 0.468 e. The van der Waals surface area contributed by atoms with Crippen LogP contribution in [0.3, 0.4) is 0 Å². The number of carbonyl (C=O) groups excluding carboxylic acids is 2. The Morgan fingerprint density at radius 3 is 2.00 bits per heavy atom. The topological polar surface area (TPSA) is 61.8 Å². The second-order valence-electron chi connectivity index (χ2n) is 5.18. The van der Waals surface area contributed by atoms with Gasteiger partial charge in [0.1, 0.15) is 6.61 Å². The van der Waals surface area contributed by atoms with Crippen LogP contribution in [-0.4, -0.2) is 48.3 Å². The molecule has 0 aromatic carbocycles. The van der Waals surface area contributed by atoms with Crippen LogP contribution in [0.25, 0.3) is 0 Å². The van der Waals surface area contributed by atoms with Crippen LogP contribution in [-0.2, 0) is 23.8 Å². The largest absolute Gasteiger partial charge is 0.468 e. The SMILES string of the molecule is C=CCOC(=O)C(OCCCCC(F)(F)C(F)(F)S)(OC(=O)C=C)C(F)(F)F. The van der Waals surface area contributed by atoms with E-state index >= 15 is 0 Å². The van der Waals surface area contributed by atoms with Gasteiger partial charge < -0.3 is 14.2 Å². The highest BCUT2D eigenvalue weighted by Gasteiger charge is 2.67. The third kappa shape index (κ3) is 7.00. The minimum Gasteiger partial charge on any atom is -0.456 e. The first-order valence-corrected chi connectivity index (χ1v) is 7.91. The number of esters is 2. The quantitative estimate of drug-likeness (QED) is 0.0940. The fourth-order valence-electron chi connectivity index (χ4n) is 1.61. The lowest BCUT2D eigenvalue weighted by molar-refractivity contribution is -0.354. The van der Waals surface area contributed by atoms with Crippen molar-refractivity contribution in [1.29, 1.82) is 0 Å². The standard InChI is InChI=1S/C15H17F7O5S/c1-3-8-25-11(24)13(14(18,19)20,27-10(23)4-2)26-9-6-5-7-12(16,17)15(21,22)28/h3-4,28H,1-2,5-9H2. The highest BCUT2D eigenvalue weighted by atomic mass is 32.1. The molecule has 1 unspecified atom stereocenters. The molecule has 0 aliphatic rings. The normalized spacial score (nSPS) is 14.7. The van der Waals surface area contributed by atoms with E-state index in [1.54, 1.807) is 0 Å². The van der Waals surface area contributed by atoms with Crippen molar-refractivity contribution in [3.63, 3.8) is 0 Å². The molecule has 0 fully saturated rings. The Labute approximate surface area is 160 Å². The third-order valence-electron chi connectivity index (χ3n) is 3.02. The van der Waals surface area contributed by atoms with Gasteiger partial charge in [0.05, 0.1) is 6.61 Å². The van der Waals surface area contributed by atoms with Gasteiger partial charge in [0.2, 0.25) is 0 Å². The molecule has 28 heavy (non-hydrogen) atoms. The van der Waals surface area contributed by atoms with Crippen molar-refractivity contribution in [2.75, 3.05) is 13.2 Å². The third-order valence-corrected chi connectivity index (χ3v) is 3.34. The average molecular weight is 442 g/mol. The van der Waals surface area contributed by atoms with Crippen molar-refractivity contribution < 1.29 is 54.5 Å². The van der Waals surface area contributed by atoms with E-state index < -0.39 is 67.6 Å². The van der Waals surface area contributed by atoms with Gasteiger partial charge in [0.15, 0.2) is 0 Å². The van der Waals surface area contributed by atoms with Gasteiger partial charge in [0, 0.05) is 12.5 Å². The number of unbranched alkanes of at least 4 members (excludes halogenated alkanes) is 1. The molecule has 162 valence electrons. The molecule has 0 radical (unpaired) electrons. The number of carbonyl (C=O) groups is 2. The molecule has 0 aliphatic carbocycles. The monoisotopic (exact) mass is 442 g/mol. The Balaban J connectivity index is 5.26. The van der Waals surface area contributed by atoms with Gasteiger partial charge in [-0.3, -0.25) is 0 Å². The first kappa shape index (κ1) is 26.2. The summed E-state index contributed by atoms with van der Waals surface area (Å²) < 4.78 is 104. The van der Waals surface area contributed by atoms with Crippen molar-refractivity contribution in [2.24, 2.45) is 0 Å². The zero-order valence-corrected chi connectivity index (χ0v) is 15.1. The molecule has 5 nitrogen and oxygen atoms in total. The molecule has 0 saturated heterocycles. The molecule has 0 aromatic rings. The Morgan fingerprint density at radius 2 is 1.57 bits per heavy atom. The summed E-state index contributed by atoms with van der Waals surface area (Å²) in [5, 5.41) is -4.63. The lowest BCUT2D eigenvalue weighted by atomic mass is 10.1. The number of ether oxygens (including phenoxy) is 3. The predicted octanol–water partition coefficient (Wildman–Crippen LogP) is 4.05. The van der Waals surface area contributed by atoms with Crippen molar-refractivity contribution in [1.82, 2.24) is 0 Å². The number of hydrogen-bond acceptors (Lipinski definition) is 6. The zero-order valence-electron chi connectivity index (χ0n) is 14.2.